The van der Waals surface area contributed by atoms with Crippen LogP contribution >= 0.6 is 0 Å². The summed E-state index contributed by atoms with van der Waals surface area (Å²) in [5.41, 5.74) is -3.40. The Bertz CT molecular complexity index is 929. The molecule has 1 unspecified atom stereocenters. The normalized spacial score (nSPS) is 56.8. The van der Waals surface area contributed by atoms with Crippen molar-refractivity contribution in [3.05, 3.63) is 0 Å². The third-order valence-electron chi connectivity index (χ3n) is 11.2. The molecule has 1 aliphatic heterocycles. The van der Waals surface area contributed by atoms with Crippen LogP contribution in [0.25, 0.3) is 0 Å². The number of rotatable bonds is 7. The van der Waals surface area contributed by atoms with Crippen molar-refractivity contribution in [3.63, 3.8) is 0 Å². The van der Waals surface area contributed by atoms with Crippen LogP contribution in [0.15, 0.2) is 4.99 Å². The number of fused-ring (bicyclic) bond motifs is 2. The first-order valence-electron chi connectivity index (χ1n) is 12.8. The van der Waals surface area contributed by atoms with Crippen LogP contribution in [0.1, 0.15) is 32.6 Å². The van der Waals surface area contributed by atoms with Gasteiger partial charge in [0.25, 0.3) is 0 Å². The molecular formula is C26H39NO8. The van der Waals surface area contributed by atoms with Crippen molar-refractivity contribution >= 4 is 12.2 Å². The highest BCUT2D eigenvalue weighted by Crippen LogP contribution is 2.80. The van der Waals surface area contributed by atoms with E-state index in [4.69, 9.17) is 33.4 Å². The fourth-order valence-electron chi connectivity index (χ4n) is 10.6. The van der Waals surface area contributed by atoms with E-state index in [1.165, 1.54) is 6.92 Å². The number of hydrogen-bond donors (Lipinski definition) is 1. The summed E-state index contributed by atoms with van der Waals surface area (Å²) in [7, 11) is 8.51. The molecule has 0 saturated heterocycles. The molecule has 35 heavy (non-hydrogen) atoms. The maximum atomic E-state index is 13.1. The van der Waals surface area contributed by atoms with Crippen molar-refractivity contribution in [2.75, 3.05) is 42.2 Å². The van der Waals surface area contributed by atoms with Crippen molar-refractivity contribution in [1.82, 2.24) is 0 Å². The number of methoxy groups -OCH3 is 5. The van der Waals surface area contributed by atoms with Gasteiger partial charge in [0.2, 0.25) is 0 Å². The quantitative estimate of drug-likeness (QED) is 0.529. The van der Waals surface area contributed by atoms with Crippen LogP contribution in [0, 0.1) is 34.5 Å². The number of esters is 1. The molecule has 0 aromatic carbocycles. The summed E-state index contributed by atoms with van der Waals surface area (Å²) in [5, 5.41) is 13.1. The predicted molar refractivity (Wildman–Crippen MR) is 124 cm³/mol. The first kappa shape index (κ1) is 24.2. The third-order valence-corrected chi connectivity index (χ3v) is 11.2. The average Bonchev–Trinajstić information content (AvgIpc) is 3.18. The van der Waals surface area contributed by atoms with Crippen LogP contribution < -0.4 is 0 Å². The lowest BCUT2D eigenvalue weighted by Crippen LogP contribution is -2.78. The first-order valence-corrected chi connectivity index (χ1v) is 12.8. The Kier molecular flexibility index (Phi) is 5.34. The van der Waals surface area contributed by atoms with Crippen LogP contribution in [0.5, 0.6) is 0 Å². The molecule has 0 aromatic heterocycles. The minimum Gasteiger partial charge on any atom is -0.462 e. The zero-order valence-electron chi connectivity index (χ0n) is 21.6. The van der Waals surface area contributed by atoms with E-state index in [-0.39, 0.29) is 47.3 Å². The van der Waals surface area contributed by atoms with Crippen molar-refractivity contribution in [2.45, 2.75) is 74.3 Å². The number of hydrogen-bond acceptors (Lipinski definition) is 9. The lowest BCUT2D eigenvalue weighted by Gasteiger charge is -2.66. The molecule has 9 heteroatoms. The molecule has 1 N–H and O–H groups in total. The summed E-state index contributed by atoms with van der Waals surface area (Å²) >= 11 is 0. The van der Waals surface area contributed by atoms with Gasteiger partial charge in [-0.25, -0.2) is 0 Å². The average molecular weight is 494 g/mol. The van der Waals surface area contributed by atoms with Crippen LogP contribution in [0.2, 0.25) is 0 Å². The fraction of sp³-hybridized carbons (Fsp3) is 0.923. The zero-order chi connectivity index (χ0) is 25.0. The lowest BCUT2D eigenvalue weighted by molar-refractivity contribution is -0.301. The van der Waals surface area contributed by atoms with Gasteiger partial charge >= 0.3 is 5.97 Å². The van der Waals surface area contributed by atoms with Crippen molar-refractivity contribution in [1.29, 1.82) is 0 Å². The second-order valence-corrected chi connectivity index (χ2v) is 11.7. The number of aliphatic hydroxyl groups is 1. The lowest BCUT2D eigenvalue weighted by atomic mass is 9.44. The molecular weight excluding hydrogens is 454 g/mol. The second-order valence-electron chi connectivity index (χ2n) is 11.7. The number of nitrogens with zero attached hydrogens (tertiary/aromatic N) is 1. The Hall–Kier alpha value is -1.10. The van der Waals surface area contributed by atoms with Crippen LogP contribution in [0.3, 0.4) is 0 Å². The molecule has 5 fully saturated rings. The van der Waals surface area contributed by atoms with Gasteiger partial charge < -0.3 is 33.5 Å². The van der Waals surface area contributed by atoms with E-state index in [1.807, 2.05) is 6.21 Å². The number of carbonyl (C=O) groups is 1. The summed E-state index contributed by atoms with van der Waals surface area (Å²) in [6, 6.07) is -0.464. The summed E-state index contributed by atoms with van der Waals surface area (Å²) in [6.45, 7) is 1.95. The molecule has 1 spiro atoms. The third kappa shape index (κ3) is 2.42. The van der Waals surface area contributed by atoms with Gasteiger partial charge in [-0.15, -0.1) is 0 Å². The Balaban J connectivity index is 1.66. The van der Waals surface area contributed by atoms with E-state index < -0.39 is 34.9 Å². The molecule has 1 heterocycles. The summed E-state index contributed by atoms with van der Waals surface area (Å²) < 4.78 is 36.9. The summed E-state index contributed by atoms with van der Waals surface area (Å²) in [6.07, 6.45) is 3.69. The molecule has 0 aromatic rings. The Morgan fingerprint density at radius 2 is 1.91 bits per heavy atom. The van der Waals surface area contributed by atoms with E-state index in [2.05, 4.69) is 0 Å². The summed E-state index contributed by atoms with van der Waals surface area (Å²) in [5.74, 6) is -0.563. The van der Waals surface area contributed by atoms with Crippen LogP contribution in [-0.2, 0) is 33.2 Å². The molecule has 9 nitrogen and oxygen atoms in total. The Morgan fingerprint density at radius 1 is 1.14 bits per heavy atom. The topological polar surface area (TPSA) is 105 Å². The van der Waals surface area contributed by atoms with Gasteiger partial charge in [-0.3, -0.25) is 9.79 Å². The second kappa shape index (κ2) is 7.71. The van der Waals surface area contributed by atoms with E-state index >= 15 is 0 Å². The van der Waals surface area contributed by atoms with E-state index in [9.17, 15) is 9.90 Å². The van der Waals surface area contributed by atoms with Crippen molar-refractivity contribution in [3.8, 4) is 0 Å². The largest absolute Gasteiger partial charge is 0.462 e. The highest BCUT2D eigenvalue weighted by Gasteiger charge is 2.91. The van der Waals surface area contributed by atoms with Gasteiger partial charge in [-0.1, -0.05) is 0 Å². The predicted octanol–water partition coefficient (Wildman–Crippen LogP) is 1.24. The Morgan fingerprint density at radius 3 is 2.51 bits per heavy atom. The number of aliphatic imine (C=N–C) groups is 1. The Labute approximate surface area is 206 Å². The molecule has 13 atom stereocenters. The van der Waals surface area contributed by atoms with E-state index in [1.54, 1.807) is 35.5 Å². The van der Waals surface area contributed by atoms with Crippen molar-refractivity contribution in [2.24, 2.45) is 39.5 Å². The molecule has 196 valence electrons. The van der Waals surface area contributed by atoms with Gasteiger partial charge in [0.1, 0.15) is 17.3 Å². The standard InChI is InChI=1S/C26H39NO8/c1-13(28)35-19-14-9-15-18(19)24(34-6,10-16(14)31-3)26(29)21(33-5)20-23(12-30-2)8-7-17(32-4)25(15,20)22(26)27-11-23/h11,14-22,29H,7-10,12H2,1-6H3/t14-,15-,16+,17+,18-,19+,20-,21+,22?,23+,24-,25+,26-/m1/s1. The molecule has 6 aliphatic rings. The molecule has 6 rings (SSSR count). The van der Waals surface area contributed by atoms with Crippen molar-refractivity contribution < 1.29 is 38.3 Å². The van der Waals surface area contributed by atoms with Gasteiger partial charge in [-0.2, -0.15) is 0 Å². The first-order chi connectivity index (χ1) is 16.8. The molecule has 5 aliphatic carbocycles. The van der Waals surface area contributed by atoms with Crippen LogP contribution in [-0.4, -0.2) is 101 Å². The number of carbonyl (C=O) groups excluding carboxylic acids is 1. The molecule has 5 saturated carbocycles. The highest BCUT2D eigenvalue weighted by molar-refractivity contribution is 5.72. The highest BCUT2D eigenvalue weighted by atomic mass is 16.6. The SMILES string of the molecule is COC[C@@]12C=NC3[C@]4([C@@H](OC)CC1)[C@@H]1C[C@H]5[C@H](OC(C)=O)[C@@H]1[C@](OC)(C[C@@H]5OC)[C@@]3(O)[C@@H](OC)[C@H]24. The molecule has 0 radical (unpaired) electrons. The monoisotopic (exact) mass is 493 g/mol. The number of ether oxygens (including phenoxy) is 6. The van der Waals surface area contributed by atoms with Gasteiger partial charge in [-0.05, 0) is 25.2 Å². The van der Waals surface area contributed by atoms with Gasteiger partial charge in [0.15, 0.2) is 0 Å². The minimum absolute atomic E-state index is 0.0152. The maximum absolute atomic E-state index is 13.1. The van der Waals surface area contributed by atoms with E-state index in [0.29, 0.717) is 13.0 Å². The fourth-order valence-corrected chi connectivity index (χ4v) is 10.6. The van der Waals surface area contributed by atoms with E-state index in [0.717, 1.165) is 19.3 Å². The smallest absolute Gasteiger partial charge is 0.302 e. The molecule has 0 amide bonds. The van der Waals surface area contributed by atoms with Crippen LogP contribution in [0.4, 0.5) is 0 Å². The van der Waals surface area contributed by atoms with Gasteiger partial charge in [0, 0.05) is 83.7 Å². The summed E-state index contributed by atoms with van der Waals surface area (Å²) in [4.78, 5) is 17.5. The maximum Gasteiger partial charge on any atom is 0.302 e. The minimum atomic E-state index is -1.46. The zero-order valence-corrected chi connectivity index (χ0v) is 21.6. The van der Waals surface area contributed by atoms with Gasteiger partial charge in [0.05, 0.1) is 31.0 Å². The molecule has 7 bridgehead atoms.